The van der Waals surface area contributed by atoms with Gasteiger partial charge in [-0.3, -0.25) is 14.4 Å². The topological polar surface area (TPSA) is 76.1 Å². The lowest BCUT2D eigenvalue weighted by molar-refractivity contribution is -0.146. The SMILES string of the molecule is CCCCCCC(CCCC)COC(=O)CCCCCN(CCCCCC(=O)OCC(CCCCCC)CCCCCC)CCCCCC(=O)N(CCCCCC)CCCCCC. The maximum Gasteiger partial charge on any atom is 0.305 e. The number of unbranched alkanes of at least 4 members (excludes halogenated alkanes) is 22. The molecule has 1 amide bonds. The van der Waals surface area contributed by atoms with E-state index < -0.39 is 0 Å². The second kappa shape index (κ2) is 48.3. The van der Waals surface area contributed by atoms with E-state index in [1.165, 1.54) is 154 Å². The average molecular weight is 892 g/mol. The number of rotatable bonds is 50. The highest BCUT2D eigenvalue weighted by Gasteiger charge is 2.16. The van der Waals surface area contributed by atoms with Crippen molar-refractivity contribution in [3.8, 4) is 0 Å². The summed E-state index contributed by atoms with van der Waals surface area (Å²) in [5.41, 5.74) is 0. The fourth-order valence-electron chi connectivity index (χ4n) is 8.93. The van der Waals surface area contributed by atoms with Crippen LogP contribution in [0.3, 0.4) is 0 Å². The van der Waals surface area contributed by atoms with Gasteiger partial charge in [-0.15, -0.1) is 0 Å². The van der Waals surface area contributed by atoms with Crippen LogP contribution in [0.2, 0.25) is 0 Å². The van der Waals surface area contributed by atoms with Gasteiger partial charge in [0.25, 0.3) is 0 Å². The molecule has 0 fully saturated rings. The van der Waals surface area contributed by atoms with Crippen LogP contribution < -0.4 is 0 Å². The molecule has 7 nitrogen and oxygen atoms in total. The van der Waals surface area contributed by atoms with E-state index in [1.54, 1.807) is 0 Å². The van der Waals surface area contributed by atoms with E-state index in [9.17, 15) is 14.4 Å². The molecule has 0 heterocycles. The standard InChI is InChI=1S/C56H110N2O5/c1-7-13-19-27-39-52(38-18-12-6)50-62-55(60)43-31-25-34-46-57(45-33-24-30-42-54(59)58(48-36-22-16-10-4)49-37-23-17-11-5)47-35-26-32-44-56(61)63-51-53(40-28-20-14-8-2)41-29-21-15-9-3/h52-53H,7-51H2,1-6H3. The lowest BCUT2D eigenvalue weighted by atomic mass is 9.95. The molecule has 0 aliphatic carbocycles. The Morgan fingerprint density at radius 1 is 0.333 bits per heavy atom. The molecular weight excluding hydrogens is 781 g/mol. The summed E-state index contributed by atoms with van der Waals surface area (Å²) in [5, 5.41) is 0. The number of hydrogen-bond acceptors (Lipinski definition) is 6. The number of carbonyl (C=O) groups excluding carboxylic acids is 3. The zero-order valence-corrected chi connectivity index (χ0v) is 43.4. The minimum Gasteiger partial charge on any atom is -0.465 e. The molecule has 0 aromatic carbocycles. The zero-order chi connectivity index (χ0) is 46.3. The molecule has 0 saturated heterocycles. The quantitative estimate of drug-likeness (QED) is 0.0447. The minimum absolute atomic E-state index is 0.0176. The van der Waals surface area contributed by atoms with Gasteiger partial charge in [-0.2, -0.15) is 0 Å². The first-order chi connectivity index (χ1) is 30.8. The van der Waals surface area contributed by atoms with Gasteiger partial charge in [-0.1, -0.05) is 189 Å². The van der Waals surface area contributed by atoms with Crippen LogP contribution in [0.5, 0.6) is 0 Å². The Kier molecular flexibility index (Phi) is 47.1. The molecular formula is C56H110N2O5. The van der Waals surface area contributed by atoms with Gasteiger partial charge in [0.05, 0.1) is 13.2 Å². The summed E-state index contributed by atoms with van der Waals surface area (Å²) in [7, 11) is 0. The van der Waals surface area contributed by atoms with E-state index in [1.807, 2.05) is 0 Å². The maximum absolute atomic E-state index is 13.3. The van der Waals surface area contributed by atoms with Crippen LogP contribution in [0.1, 0.15) is 286 Å². The zero-order valence-electron chi connectivity index (χ0n) is 43.4. The summed E-state index contributed by atoms with van der Waals surface area (Å²) in [6.07, 6.45) is 42.9. The van der Waals surface area contributed by atoms with E-state index in [-0.39, 0.29) is 11.9 Å². The molecule has 1 atom stereocenters. The molecule has 0 aromatic rings. The lowest BCUT2D eigenvalue weighted by Gasteiger charge is -2.24. The van der Waals surface area contributed by atoms with Crippen molar-refractivity contribution in [1.29, 1.82) is 0 Å². The Hall–Kier alpha value is -1.63. The van der Waals surface area contributed by atoms with E-state index in [0.29, 0.717) is 50.2 Å². The largest absolute Gasteiger partial charge is 0.465 e. The number of carbonyl (C=O) groups is 3. The van der Waals surface area contributed by atoms with Crippen LogP contribution in [0.4, 0.5) is 0 Å². The van der Waals surface area contributed by atoms with Crippen molar-refractivity contribution in [3.05, 3.63) is 0 Å². The van der Waals surface area contributed by atoms with Crippen LogP contribution in [-0.4, -0.2) is 73.6 Å². The molecule has 0 radical (unpaired) electrons. The Labute approximate surface area is 393 Å². The molecule has 0 aliphatic rings. The molecule has 0 aliphatic heterocycles. The molecule has 0 spiro atoms. The van der Waals surface area contributed by atoms with E-state index in [4.69, 9.17) is 9.47 Å². The first-order valence-corrected chi connectivity index (χ1v) is 28.2. The lowest BCUT2D eigenvalue weighted by Crippen LogP contribution is -2.33. The van der Waals surface area contributed by atoms with E-state index in [2.05, 4.69) is 51.3 Å². The molecule has 0 aromatic heterocycles. The van der Waals surface area contributed by atoms with E-state index in [0.717, 1.165) is 103 Å². The van der Waals surface area contributed by atoms with Gasteiger partial charge in [0.2, 0.25) is 5.91 Å². The predicted molar refractivity (Wildman–Crippen MR) is 271 cm³/mol. The average Bonchev–Trinajstić information content (AvgIpc) is 3.28. The minimum atomic E-state index is -0.0232. The molecule has 7 heteroatoms. The molecule has 0 bridgehead atoms. The second-order valence-corrected chi connectivity index (χ2v) is 19.6. The molecule has 1 unspecified atom stereocenters. The van der Waals surface area contributed by atoms with Crippen molar-refractivity contribution in [2.24, 2.45) is 11.8 Å². The summed E-state index contributed by atoms with van der Waals surface area (Å²) in [4.78, 5) is 43.6. The third-order valence-corrected chi connectivity index (χ3v) is 13.3. The molecule has 0 N–H and O–H groups in total. The molecule has 63 heavy (non-hydrogen) atoms. The fourth-order valence-corrected chi connectivity index (χ4v) is 8.93. The fraction of sp³-hybridized carbons (Fsp3) is 0.946. The van der Waals surface area contributed by atoms with Crippen LogP contribution in [0, 0.1) is 11.8 Å². The first kappa shape index (κ1) is 61.4. The smallest absolute Gasteiger partial charge is 0.305 e. The molecule has 374 valence electrons. The predicted octanol–water partition coefficient (Wildman–Crippen LogP) is 16.4. The van der Waals surface area contributed by atoms with Gasteiger partial charge in [-0.25, -0.2) is 0 Å². The van der Waals surface area contributed by atoms with E-state index >= 15 is 0 Å². The Morgan fingerprint density at radius 2 is 0.635 bits per heavy atom. The number of ether oxygens (including phenoxy) is 2. The molecule has 0 rings (SSSR count). The van der Waals surface area contributed by atoms with Gasteiger partial charge < -0.3 is 19.3 Å². The van der Waals surface area contributed by atoms with Crippen molar-refractivity contribution in [2.75, 3.05) is 45.9 Å². The summed E-state index contributed by atoms with van der Waals surface area (Å²) < 4.78 is 11.7. The monoisotopic (exact) mass is 891 g/mol. The van der Waals surface area contributed by atoms with Crippen LogP contribution in [0.25, 0.3) is 0 Å². The van der Waals surface area contributed by atoms with Crippen molar-refractivity contribution < 1.29 is 23.9 Å². The number of nitrogens with zero attached hydrogens (tertiary/aromatic N) is 2. The normalized spacial score (nSPS) is 12.1. The highest BCUT2D eigenvalue weighted by atomic mass is 16.5. The molecule has 0 saturated carbocycles. The number of hydrogen-bond donors (Lipinski definition) is 0. The third-order valence-electron chi connectivity index (χ3n) is 13.3. The van der Waals surface area contributed by atoms with Gasteiger partial charge in [0, 0.05) is 32.4 Å². The number of amides is 1. The van der Waals surface area contributed by atoms with Gasteiger partial charge in [0.15, 0.2) is 0 Å². The highest BCUT2D eigenvalue weighted by molar-refractivity contribution is 5.76. The van der Waals surface area contributed by atoms with Gasteiger partial charge in [0.1, 0.15) is 0 Å². The Balaban J connectivity index is 4.97. The Morgan fingerprint density at radius 3 is 1.00 bits per heavy atom. The summed E-state index contributed by atoms with van der Waals surface area (Å²) in [5.74, 6) is 1.34. The van der Waals surface area contributed by atoms with Crippen molar-refractivity contribution in [1.82, 2.24) is 9.80 Å². The van der Waals surface area contributed by atoms with Gasteiger partial charge in [-0.05, 0) is 109 Å². The Bertz CT molecular complexity index is 967. The highest BCUT2D eigenvalue weighted by Crippen LogP contribution is 2.21. The maximum atomic E-state index is 13.3. The summed E-state index contributed by atoms with van der Waals surface area (Å²) >= 11 is 0. The van der Waals surface area contributed by atoms with Gasteiger partial charge >= 0.3 is 11.9 Å². The summed E-state index contributed by atoms with van der Waals surface area (Å²) in [6.45, 7) is 19.7. The summed E-state index contributed by atoms with van der Waals surface area (Å²) in [6, 6.07) is 0. The van der Waals surface area contributed by atoms with Crippen molar-refractivity contribution in [3.63, 3.8) is 0 Å². The van der Waals surface area contributed by atoms with Crippen LogP contribution >= 0.6 is 0 Å². The van der Waals surface area contributed by atoms with Crippen LogP contribution in [-0.2, 0) is 23.9 Å². The van der Waals surface area contributed by atoms with Crippen LogP contribution in [0.15, 0.2) is 0 Å². The van der Waals surface area contributed by atoms with Crippen molar-refractivity contribution in [2.45, 2.75) is 286 Å². The number of esters is 2. The third kappa shape index (κ3) is 41.5. The first-order valence-electron chi connectivity index (χ1n) is 28.2. The van der Waals surface area contributed by atoms with Crippen molar-refractivity contribution >= 4 is 17.8 Å². The second-order valence-electron chi connectivity index (χ2n) is 19.6.